The number of ketones is 1. The second-order valence-corrected chi connectivity index (χ2v) is 8.06. The Bertz CT molecular complexity index is 888. The number of hydrogen-bond acceptors (Lipinski definition) is 4. The van der Waals surface area contributed by atoms with Gasteiger partial charge in [-0.25, -0.2) is 4.39 Å². The van der Waals surface area contributed by atoms with E-state index in [-0.39, 0.29) is 11.7 Å². The molecule has 1 heterocycles. The predicted molar refractivity (Wildman–Crippen MR) is 116 cm³/mol. The van der Waals surface area contributed by atoms with Crippen LogP contribution >= 0.6 is 0 Å². The van der Waals surface area contributed by atoms with E-state index in [4.69, 9.17) is 4.74 Å². The first-order chi connectivity index (χ1) is 14.3. The lowest BCUT2D eigenvalue weighted by molar-refractivity contribution is 0.0746. The number of carbonyl (C=O) groups is 2. The summed E-state index contributed by atoms with van der Waals surface area (Å²) in [7, 11) is 0. The zero-order chi connectivity index (χ0) is 21.7. The van der Waals surface area contributed by atoms with Gasteiger partial charge in [-0.15, -0.1) is 0 Å². The van der Waals surface area contributed by atoms with Gasteiger partial charge in [0, 0.05) is 37.3 Å². The summed E-state index contributed by atoms with van der Waals surface area (Å²) in [6.07, 6.45) is 0.989. The summed E-state index contributed by atoms with van der Waals surface area (Å²) in [6.45, 7) is 8.50. The predicted octanol–water partition coefficient (Wildman–Crippen LogP) is 4.42. The van der Waals surface area contributed by atoms with Gasteiger partial charge in [-0.2, -0.15) is 0 Å². The van der Waals surface area contributed by atoms with Gasteiger partial charge in [-0.1, -0.05) is 13.8 Å². The summed E-state index contributed by atoms with van der Waals surface area (Å²) >= 11 is 0. The van der Waals surface area contributed by atoms with Crippen molar-refractivity contribution in [2.45, 2.75) is 27.2 Å². The molecule has 6 heteroatoms. The standard InChI is InChI=1S/C24H29FN2O3/c1-17(2)10-15-30-21-7-4-19(5-8-21)24(29)27-13-11-26(12-14-27)23-9-6-20(18(3)28)16-22(23)25/h4-9,16-17H,10-15H2,1-3H3. The van der Waals surface area contributed by atoms with Crippen molar-refractivity contribution in [1.29, 1.82) is 0 Å². The number of ether oxygens (including phenoxy) is 1. The third-order valence-electron chi connectivity index (χ3n) is 5.33. The van der Waals surface area contributed by atoms with E-state index in [9.17, 15) is 14.0 Å². The zero-order valence-corrected chi connectivity index (χ0v) is 17.9. The topological polar surface area (TPSA) is 49.9 Å². The average Bonchev–Trinajstić information content (AvgIpc) is 2.73. The quantitative estimate of drug-likeness (QED) is 0.632. The van der Waals surface area contributed by atoms with Crippen LogP contribution in [0.1, 0.15) is 47.9 Å². The Morgan fingerprint density at radius 1 is 1.00 bits per heavy atom. The molecule has 0 radical (unpaired) electrons. The molecule has 0 saturated carbocycles. The van der Waals surface area contributed by atoms with Gasteiger partial charge < -0.3 is 14.5 Å². The van der Waals surface area contributed by atoms with Crippen LogP contribution in [0.5, 0.6) is 5.75 Å². The van der Waals surface area contributed by atoms with Crippen LogP contribution in [-0.2, 0) is 0 Å². The number of benzene rings is 2. The average molecular weight is 413 g/mol. The van der Waals surface area contributed by atoms with Gasteiger partial charge >= 0.3 is 0 Å². The molecule has 0 atom stereocenters. The maximum Gasteiger partial charge on any atom is 0.253 e. The Labute approximate surface area is 177 Å². The molecule has 0 bridgehead atoms. The monoisotopic (exact) mass is 412 g/mol. The second-order valence-electron chi connectivity index (χ2n) is 8.06. The highest BCUT2D eigenvalue weighted by Gasteiger charge is 2.24. The summed E-state index contributed by atoms with van der Waals surface area (Å²) in [5.41, 5.74) is 1.45. The third-order valence-corrected chi connectivity index (χ3v) is 5.33. The van der Waals surface area contributed by atoms with Crippen LogP contribution in [0.4, 0.5) is 10.1 Å². The van der Waals surface area contributed by atoms with E-state index in [2.05, 4.69) is 13.8 Å². The number of halogens is 1. The molecule has 1 fully saturated rings. The summed E-state index contributed by atoms with van der Waals surface area (Å²) < 4.78 is 20.1. The Morgan fingerprint density at radius 3 is 2.20 bits per heavy atom. The van der Waals surface area contributed by atoms with E-state index in [0.29, 0.717) is 55.5 Å². The van der Waals surface area contributed by atoms with Gasteiger partial charge in [0.05, 0.1) is 12.3 Å². The first-order valence-corrected chi connectivity index (χ1v) is 10.4. The molecule has 0 spiro atoms. The summed E-state index contributed by atoms with van der Waals surface area (Å²) in [6, 6.07) is 11.8. The minimum Gasteiger partial charge on any atom is -0.494 e. The fourth-order valence-electron chi connectivity index (χ4n) is 3.42. The van der Waals surface area contributed by atoms with Crippen molar-refractivity contribution in [3.8, 4) is 5.75 Å². The number of rotatable bonds is 7. The number of nitrogens with zero attached hydrogens (tertiary/aromatic N) is 2. The van der Waals surface area contributed by atoms with E-state index in [1.165, 1.54) is 13.0 Å². The van der Waals surface area contributed by atoms with Crippen LogP contribution in [0.25, 0.3) is 0 Å². The SMILES string of the molecule is CC(=O)c1ccc(N2CCN(C(=O)c3ccc(OCCC(C)C)cc3)CC2)c(F)c1. The van der Waals surface area contributed by atoms with Crippen molar-refractivity contribution in [1.82, 2.24) is 4.90 Å². The smallest absolute Gasteiger partial charge is 0.253 e. The molecular weight excluding hydrogens is 383 g/mol. The van der Waals surface area contributed by atoms with E-state index in [1.54, 1.807) is 29.2 Å². The Kier molecular flexibility index (Phi) is 7.08. The van der Waals surface area contributed by atoms with Gasteiger partial charge in [-0.05, 0) is 61.7 Å². The first kappa shape index (κ1) is 21.8. The van der Waals surface area contributed by atoms with Crippen molar-refractivity contribution < 1.29 is 18.7 Å². The number of amides is 1. The highest BCUT2D eigenvalue weighted by molar-refractivity contribution is 5.95. The molecule has 3 rings (SSSR count). The maximum atomic E-state index is 14.4. The number of carbonyl (C=O) groups excluding carboxylic acids is 2. The van der Waals surface area contributed by atoms with Gasteiger partial charge in [-0.3, -0.25) is 9.59 Å². The normalized spacial score (nSPS) is 14.2. The van der Waals surface area contributed by atoms with Crippen molar-refractivity contribution >= 4 is 17.4 Å². The van der Waals surface area contributed by atoms with Gasteiger partial charge in [0.15, 0.2) is 5.78 Å². The first-order valence-electron chi connectivity index (χ1n) is 10.4. The van der Waals surface area contributed by atoms with E-state index in [0.717, 1.165) is 12.2 Å². The maximum absolute atomic E-state index is 14.4. The zero-order valence-electron chi connectivity index (χ0n) is 17.9. The fraction of sp³-hybridized carbons (Fsp3) is 0.417. The van der Waals surface area contributed by atoms with Crippen LogP contribution in [0, 0.1) is 11.7 Å². The molecule has 0 unspecified atom stereocenters. The van der Waals surface area contributed by atoms with Crippen LogP contribution < -0.4 is 9.64 Å². The lowest BCUT2D eigenvalue weighted by Gasteiger charge is -2.36. The van der Waals surface area contributed by atoms with Gasteiger partial charge in [0.25, 0.3) is 5.91 Å². The highest BCUT2D eigenvalue weighted by Crippen LogP contribution is 2.23. The number of anilines is 1. The Hall–Kier alpha value is -2.89. The second kappa shape index (κ2) is 9.74. The molecule has 1 aliphatic heterocycles. The molecule has 160 valence electrons. The van der Waals surface area contributed by atoms with E-state index in [1.807, 2.05) is 17.0 Å². The highest BCUT2D eigenvalue weighted by atomic mass is 19.1. The van der Waals surface area contributed by atoms with E-state index < -0.39 is 5.82 Å². The largest absolute Gasteiger partial charge is 0.494 e. The molecule has 2 aromatic rings. The molecule has 2 aromatic carbocycles. The molecule has 30 heavy (non-hydrogen) atoms. The summed E-state index contributed by atoms with van der Waals surface area (Å²) in [4.78, 5) is 27.9. The van der Waals surface area contributed by atoms with Gasteiger partial charge in [0.1, 0.15) is 11.6 Å². The Balaban J connectivity index is 1.56. The molecule has 1 saturated heterocycles. The van der Waals surface area contributed by atoms with Crippen molar-refractivity contribution in [2.24, 2.45) is 5.92 Å². The third kappa shape index (κ3) is 5.38. The molecule has 0 aromatic heterocycles. The van der Waals surface area contributed by atoms with Crippen LogP contribution in [-0.4, -0.2) is 49.4 Å². The van der Waals surface area contributed by atoms with Crippen LogP contribution in [0.3, 0.4) is 0 Å². The van der Waals surface area contributed by atoms with Crippen LogP contribution in [0.2, 0.25) is 0 Å². The molecule has 1 aliphatic rings. The molecule has 0 aliphatic carbocycles. The minimum absolute atomic E-state index is 0.0317. The lowest BCUT2D eigenvalue weighted by Crippen LogP contribution is -2.49. The number of piperazine rings is 1. The molecular formula is C24H29FN2O3. The summed E-state index contributed by atoms with van der Waals surface area (Å²) in [5.74, 6) is 0.755. The Morgan fingerprint density at radius 2 is 1.63 bits per heavy atom. The van der Waals surface area contributed by atoms with Crippen molar-refractivity contribution in [3.63, 3.8) is 0 Å². The molecule has 1 amide bonds. The lowest BCUT2D eigenvalue weighted by atomic mass is 10.1. The number of Topliss-reactive ketones (excluding diaryl/α,β-unsaturated/α-hetero) is 1. The van der Waals surface area contributed by atoms with E-state index >= 15 is 0 Å². The minimum atomic E-state index is -0.407. The van der Waals surface area contributed by atoms with Crippen LogP contribution in [0.15, 0.2) is 42.5 Å². The fourth-order valence-corrected chi connectivity index (χ4v) is 3.42. The summed E-state index contributed by atoms with van der Waals surface area (Å²) in [5, 5.41) is 0. The van der Waals surface area contributed by atoms with Crippen molar-refractivity contribution in [2.75, 3.05) is 37.7 Å². The van der Waals surface area contributed by atoms with Crippen molar-refractivity contribution in [3.05, 3.63) is 59.4 Å². The number of hydrogen-bond donors (Lipinski definition) is 0. The van der Waals surface area contributed by atoms with Gasteiger partial charge in [0.2, 0.25) is 0 Å². The molecule has 0 N–H and O–H groups in total. The molecule has 5 nitrogen and oxygen atoms in total.